The predicted molar refractivity (Wildman–Crippen MR) is 98.7 cm³/mol. The van der Waals surface area contributed by atoms with Crippen LogP contribution < -0.4 is 4.74 Å². The molecule has 0 radical (unpaired) electrons. The molecule has 4 heteroatoms. The van der Waals surface area contributed by atoms with Crippen molar-refractivity contribution in [1.82, 2.24) is 4.90 Å². The summed E-state index contributed by atoms with van der Waals surface area (Å²) in [6, 6.07) is 15.0. The first kappa shape index (κ1) is 17.1. The van der Waals surface area contributed by atoms with E-state index in [2.05, 4.69) is 0 Å². The van der Waals surface area contributed by atoms with Crippen molar-refractivity contribution < 1.29 is 14.6 Å². The molecule has 1 N–H and O–H groups in total. The Kier molecular flexibility index (Phi) is 5.39. The van der Waals surface area contributed by atoms with Gasteiger partial charge < -0.3 is 14.7 Å². The van der Waals surface area contributed by atoms with E-state index in [0.29, 0.717) is 11.7 Å². The summed E-state index contributed by atoms with van der Waals surface area (Å²) in [6.07, 6.45) is 5.36. The van der Waals surface area contributed by atoms with E-state index >= 15 is 0 Å². The van der Waals surface area contributed by atoms with E-state index in [9.17, 15) is 9.90 Å². The summed E-state index contributed by atoms with van der Waals surface area (Å²) < 4.78 is 5.19. The zero-order chi connectivity index (χ0) is 17.6. The van der Waals surface area contributed by atoms with Gasteiger partial charge in [0.25, 0.3) is 0 Å². The molecule has 0 unspecified atom stereocenters. The number of rotatable bonds is 4. The maximum absolute atomic E-state index is 12.4. The third kappa shape index (κ3) is 4.41. The first-order valence-corrected chi connectivity index (χ1v) is 8.55. The molecule has 2 aromatic carbocycles. The molecule has 4 nitrogen and oxygen atoms in total. The number of amides is 1. The molecular formula is C21H23NO3. The monoisotopic (exact) mass is 337 g/mol. The summed E-state index contributed by atoms with van der Waals surface area (Å²) in [5, 5.41) is 9.39. The van der Waals surface area contributed by atoms with Crippen molar-refractivity contribution in [2.45, 2.75) is 18.8 Å². The fourth-order valence-corrected chi connectivity index (χ4v) is 3.20. The predicted octanol–water partition coefficient (Wildman–Crippen LogP) is 3.82. The van der Waals surface area contributed by atoms with Gasteiger partial charge in [-0.2, -0.15) is 0 Å². The molecule has 25 heavy (non-hydrogen) atoms. The number of carbonyl (C=O) groups excluding carboxylic acids is 1. The quantitative estimate of drug-likeness (QED) is 0.863. The van der Waals surface area contributed by atoms with Gasteiger partial charge in [0.1, 0.15) is 11.5 Å². The van der Waals surface area contributed by atoms with Gasteiger partial charge >= 0.3 is 0 Å². The van der Waals surface area contributed by atoms with Crippen molar-refractivity contribution in [2.75, 3.05) is 20.2 Å². The van der Waals surface area contributed by atoms with Gasteiger partial charge in [-0.3, -0.25) is 4.79 Å². The van der Waals surface area contributed by atoms with Crippen molar-refractivity contribution in [2.24, 2.45) is 0 Å². The number of phenols is 1. The lowest BCUT2D eigenvalue weighted by atomic mass is 9.89. The Morgan fingerprint density at radius 3 is 2.56 bits per heavy atom. The Balaban J connectivity index is 1.56. The number of likely N-dealkylation sites (tertiary alicyclic amines) is 1. The molecule has 2 aromatic rings. The van der Waals surface area contributed by atoms with Crippen molar-refractivity contribution >= 4 is 12.0 Å². The Bertz CT molecular complexity index is 744. The Morgan fingerprint density at radius 2 is 1.88 bits per heavy atom. The summed E-state index contributed by atoms with van der Waals surface area (Å²) >= 11 is 0. The van der Waals surface area contributed by atoms with E-state index in [1.54, 1.807) is 25.3 Å². The fraction of sp³-hybridized carbons (Fsp3) is 0.286. The fourth-order valence-electron chi connectivity index (χ4n) is 3.20. The molecule has 0 spiro atoms. The summed E-state index contributed by atoms with van der Waals surface area (Å²) in [5.74, 6) is 1.57. The second-order valence-corrected chi connectivity index (χ2v) is 6.30. The zero-order valence-corrected chi connectivity index (χ0v) is 14.4. The Hall–Kier alpha value is -2.75. The van der Waals surface area contributed by atoms with Crippen LogP contribution >= 0.6 is 0 Å². The molecule has 1 heterocycles. The van der Waals surface area contributed by atoms with Gasteiger partial charge in [-0.25, -0.2) is 0 Å². The average Bonchev–Trinajstić information content (AvgIpc) is 2.67. The molecule has 0 aromatic heterocycles. The molecular weight excluding hydrogens is 314 g/mol. The van der Waals surface area contributed by atoms with Crippen molar-refractivity contribution in [3.05, 3.63) is 65.7 Å². The Morgan fingerprint density at radius 1 is 1.16 bits per heavy atom. The van der Waals surface area contributed by atoms with Gasteiger partial charge in [0.2, 0.25) is 5.91 Å². The maximum atomic E-state index is 12.4. The number of methoxy groups -OCH3 is 1. The highest BCUT2D eigenvalue weighted by Crippen LogP contribution is 2.29. The second kappa shape index (κ2) is 7.88. The number of nitrogens with zero attached hydrogens (tertiary/aromatic N) is 1. The second-order valence-electron chi connectivity index (χ2n) is 6.30. The first-order chi connectivity index (χ1) is 12.2. The minimum absolute atomic E-state index is 0.0481. The van der Waals surface area contributed by atoms with Gasteiger partial charge in [0.15, 0.2) is 0 Å². The van der Waals surface area contributed by atoms with Crippen LogP contribution in [-0.4, -0.2) is 36.1 Å². The first-order valence-electron chi connectivity index (χ1n) is 8.55. The van der Waals surface area contributed by atoms with Crippen LogP contribution in [0.1, 0.15) is 29.9 Å². The molecule has 1 saturated heterocycles. The van der Waals surface area contributed by atoms with Gasteiger partial charge in [0.05, 0.1) is 7.11 Å². The van der Waals surface area contributed by atoms with Gasteiger partial charge in [0, 0.05) is 19.2 Å². The van der Waals surface area contributed by atoms with Crippen molar-refractivity contribution in [1.29, 1.82) is 0 Å². The maximum Gasteiger partial charge on any atom is 0.246 e. The number of carbonyl (C=O) groups is 1. The largest absolute Gasteiger partial charge is 0.508 e. The van der Waals surface area contributed by atoms with Crippen LogP contribution in [0.25, 0.3) is 6.08 Å². The van der Waals surface area contributed by atoms with Crippen LogP contribution in [0.15, 0.2) is 54.6 Å². The number of piperidine rings is 1. The number of hydrogen-bond acceptors (Lipinski definition) is 3. The number of benzene rings is 2. The van der Waals surface area contributed by atoms with Crippen molar-refractivity contribution in [3.63, 3.8) is 0 Å². The molecule has 1 amide bonds. The van der Waals surface area contributed by atoms with Crippen LogP contribution in [0.4, 0.5) is 0 Å². The summed E-state index contributed by atoms with van der Waals surface area (Å²) in [6.45, 7) is 1.51. The van der Waals surface area contributed by atoms with Crippen molar-refractivity contribution in [3.8, 4) is 11.5 Å². The molecule has 1 fully saturated rings. The van der Waals surface area contributed by atoms with Gasteiger partial charge in [-0.05, 0) is 60.2 Å². The highest BCUT2D eigenvalue weighted by molar-refractivity contribution is 5.91. The standard InChI is InChI=1S/C21H23NO3/c1-25-20-4-2-3-16(15-20)5-10-21(24)22-13-11-18(12-14-22)17-6-8-19(23)9-7-17/h2-10,15,18,23H,11-14H2,1H3/b10-5+. The summed E-state index contributed by atoms with van der Waals surface area (Å²) in [7, 11) is 1.63. The van der Waals surface area contributed by atoms with E-state index < -0.39 is 0 Å². The molecule has 0 atom stereocenters. The third-order valence-electron chi connectivity index (χ3n) is 4.68. The van der Waals surface area contributed by atoms with E-state index in [4.69, 9.17) is 4.74 Å². The molecule has 0 bridgehead atoms. The zero-order valence-electron chi connectivity index (χ0n) is 14.4. The SMILES string of the molecule is COc1cccc(/C=C/C(=O)N2CCC(c3ccc(O)cc3)CC2)c1. The van der Waals surface area contributed by atoms with E-state index in [1.807, 2.05) is 47.4 Å². The number of hydrogen-bond donors (Lipinski definition) is 1. The highest BCUT2D eigenvalue weighted by atomic mass is 16.5. The number of aromatic hydroxyl groups is 1. The lowest BCUT2D eigenvalue weighted by molar-refractivity contribution is -0.126. The van der Waals surface area contributed by atoms with Crippen LogP contribution in [0.3, 0.4) is 0 Å². The molecule has 3 rings (SSSR count). The van der Waals surface area contributed by atoms with E-state index in [-0.39, 0.29) is 5.91 Å². The van der Waals surface area contributed by atoms with Gasteiger partial charge in [-0.15, -0.1) is 0 Å². The molecule has 0 aliphatic carbocycles. The number of phenolic OH excluding ortho intramolecular Hbond substituents is 1. The molecule has 130 valence electrons. The average molecular weight is 337 g/mol. The van der Waals surface area contributed by atoms with Gasteiger partial charge in [-0.1, -0.05) is 24.3 Å². The minimum atomic E-state index is 0.0481. The lowest BCUT2D eigenvalue weighted by Gasteiger charge is -2.31. The lowest BCUT2D eigenvalue weighted by Crippen LogP contribution is -2.36. The van der Waals surface area contributed by atoms with Crippen LogP contribution in [0.5, 0.6) is 11.5 Å². The smallest absolute Gasteiger partial charge is 0.246 e. The van der Waals surface area contributed by atoms with Crippen LogP contribution in [0, 0.1) is 0 Å². The third-order valence-corrected chi connectivity index (χ3v) is 4.68. The Labute approximate surface area is 148 Å². The van der Waals surface area contributed by atoms with Crippen LogP contribution in [0.2, 0.25) is 0 Å². The highest BCUT2D eigenvalue weighted by Gasteiger charge is 2.22. The molecule has 0 saturated carbocycles. The van der Waals surface area contributed by atoms with Crippen LogP contribution in [-0.2, 0) is 4.79 Å². The van der Waals surface area contributed by atoms with E-state index in [1.165, 1.54) is 5.56 Å². The molecule has 1 aliphatic rings. The summed E-state index contributed by atoms with van der Waals surface area (Å²) in [4.78, 5) is 14.3. The number of ether oxygens (including phenoxy) is 1. The van der Waals surface area contributed by atoms with E-state index in [0.717, 1.165) is 37.2 Å². The normalized spacial score (nSPS) is 15.5. The molecule has 1 aliphatic heterocycles. The summed E-state index contributed by atoms with van der Waals surface area (Å²) in [5.41, 5.74) is 2.18. The topological polar surface area (TPSA) is 49.8 Å². The minimum Gasteiger partial charge on any atom is -0.508 e.